The lowest BCUT2D eigenvalue weighted by molar-refractivity contribution is -0.121. The Kier molecular flexibility index (Phi) is 5.26. The Labute approximate surface area is 144 Å². The molecule has 7 nitrogen and oxygen atoms in total. The number of carbonyl (C=O) groups is 2. The fraction of sp³-hybridized carbons (Fsp3) is 0.167. The van der Waals surface area contributed by atoms with Crippen LogP contribution in [0.5, 0.6) is 0 Å². The molecule has 0 bridgehead atoms. The number of hydrogen-bond acceptors (Lipinski definition) is 5. The van der Waals surface area contributed by atoms with Crippen LogP contribution in [0.2, 0.25) is 0 Å². The first-order valence-electron chi connectivity index (χ1n) is 7.89. The highest BCUT2D eigenvalue weighted by Gasteiger charge is 2.10. The molecule has 25 heavy (non-hydrogen) atoms. The first-order valence-corrected chi connectivity index (χ1v) is 7.89. The molecule has 0 fully saturated rings. The molecule has 0 aliphatic heterocycles. The number of hydrogen-bond donors (Lipinski definition) is 1. The predicted octanol–water partition coefficient (Wildman–Crippen LogP) is 1.94. The van der Waals surface area contributed by atoms with Gasteiger partial charge in [0.1, 0.15) is 5.69 Å². The highest BCUT2D eigenvalue weighted by molar-refractivity contribution is 5.97. The van der Waals surface area contributed by atoms with Crippen molar-refractivity contribution in [3.8, 4) is 5.69 Å². The van der Waals surface area contributed by atoms with E-state index in [4.69, 9.17) is 0 Å². The van der Waals surface area contributed by atoms with Gasteiger partial charge < -0.3 is 5.32 Å². The second-order valence-electron chi connectivity index (χ2n) is 5.43. The van der Waals surface area contributed by atoms with E-state index in [0.29, 0.717) is 11.3 Å². The molecule has 3 aromatic rings. The SMILES string of the molecule is O=C(CCC(=O)c1ccccc1)NCc1cn(-c2ccncc2)nn1. The van der Waals surface area contributed by atoms with Crippen molar-refractivity contribution in [1.82, 2.24) is 25.3 Å². The van der Waals surface area contributed by atoms with E-state index in [1.54, 1.807) is 47.5 Å². The summed E-state index contributed by atoms with van der Waals surface area (Å²) in [4.78, 5) is 27.8. The van der Waals surface area contributed by atoms with Crippen molar-refractivity contribution >= 4 is 11.7 Å². The molecular formula is C18H17N5O2. The maximum Gasteiger partial charge on any atom is 0.220 e. The molecule has 0 aliphatic carbocycles. The van der Waals surface area contributed by atoms with Crippen LogP contribution in [0.25, 0.3) is 5.69 Å². The number of nitrogens with zero attached hydrogens (tertiary/aromatic N) is 4. The van der Waals surface area contributed by atoms with Crippen LogP contribution in [0, 0.1) is 0 Å². The number of Topliss-reactive ketones (excluding diaryl/α,β-unsaturated/α-hetero) is 1. The largest absolute Gasteiger partial charge is 0.350 e. The maximum atomic E-state index is 12.0. The third kappa shape index (κ3) is 4.57. The van der Waals surface area contributed by atoms with Crippen LogP contribution in [0.1, 0.15) is 28.9 Å². The quantitative estimate of drug-likeness (QED) is 0.667. The smallest absolute Gasteiger partial charge is 0.220 e. The zero-order valence-corrected chi connectivity index (χ0v) is 13.5. The Hall–Kier alpha value is -3.35. The molecule has 2 aromatic heterocycles. The molecule has 3 rings (SSSR count). The third-order valence-corrected chi connectivity index (χ3v) is 3.61. The first kappa shape index (κ1) is 16.5. The lowest BCUT2D eigenvalue weighted by Crippen LogP contribution is -2.23. The van der Waals surface area contributed by atoms with Crippen LogP contribution >= 0.6 is 0 Å². The molecule has 0 aliphatic rings. The number of rotatable bonds is 7. The van der Waals surface area contributed by atoms with Crippen LogP contribution < -0.4 is 5.32 Å². The Morgan fingerprint density at radius 3 is 2.52 bits per heavy atom. The van der Waals surface area contributed by atoms with E-state index in [-0.39, 0.29) is 31.1 Å². The molecule has 1 N–H and O–H groups in total. The Morgan fingerprint density at radius 1 is 1.00 bits per heavy atom. The van der Waals surface area contributed by atoms with E-state index in [0.717, 1.165) is 5.69 Å². The summed E-state index contributed by atoms with van der Waals surface area (Å²) in [6, 6.07) is 12.6. The Bertz CT molecular complexity index is 846. The minimum absolute atomic E-state index is 0.0422. The van der Waals surface area contributed by atoms with E-state index in [9.17, 15) is 9.59 Å². The molecule has 1 amide bonds. The van der Waals surface area contributed by atoms with Crippen molar-refractivity contribution < 1.29 is 9.59 Å². The molecule has 0 spiro atoms. The zero-order valence-electron chi connectivity index (χ0n) is 13.5. The van der Waals surface area contributed by atoms with Crippen LogP contribution in [-0.4, -0.2) is 31.7 Å². The summed E-state index contributed by atoms with van der Waals surface area (Å²) in [5.41, 5.74) is 2.10. The van der Waals surface area contributed by atoms with Crippen molar-refractivity contribution in [2.24, 2.45) is 0 Å². The highest BCUT2D eigenvalue weighted by Crippen LogP contribution is 2.06. The molecule has 0 unspecified atom stereocenters. The normalized spacial score (nSPS) is 10.4. The molecule has 0 saturated carbocycles. The summed E-state index contributed by atoms with van der Waals surface area (Å²) < 4.78 is 1.61. The van der Waals surface area contributed by atoms with Gasteiger partial charge in [0.2, 0.25) is 5.91 Å². The van der Waals surface area contributed by atoms with Crippen molar-refractivity contribution in [3.63, 3.8) is 0 Å². The lowest BCUT2D eigenvalue weighted by atomic mass is 10.1. The van der Waals surface area contributed by atoms with Crippen LogP contribution in [-0.2, 0) is 11.3 Å². The van der Waals surface area contributed by atoms with Gasteiger partial charge in [-0.3, -0.25) is 14.6 Å². The number of pyridine rings is 1. The van der Waals surface area contributed by atoms with Gasteiger partial charge in [-0.2, -0.15) is 0 Å². The minimum atomic E-state index is -0.192. The minimum Gasteiger partial charge on any atom is -0.350 e. The summed E-state index contributed by atoms with van der Waals surface area (Å²) in [6.07, 6.45) is 5.40. The molecule has 2 heterocycles. The van der Waals surface area contributed by atoms with Crippen molar-refractivity contribution in [2.75, 3.05) is 0 Å². The summed E-state index contributed by atoms with van der Waals surface area (Å²) in [5, 5.41) is 10.8. The van der Waals surface area contributed by atoms with Gasteiger partial charge in [-0.15, -0.1) is 5.10 Å². The van der Waals surface area contributed by atoms with Gasteiger partial charge in [-0.05, 0) is 12.1 Å². The molecular weight excluding hydrogens is 318 g/mol. The van der Waals surface area contributed by atoms with Gasteiger partial charge in [0, 0.05) is 30.8 Å². The molecule has 0 atom stereocenters. The number of ketones is 1. The summed E-state index contributed by atoms with van der Waals surface area (Å²) in [5.74, 6) is -0.234. The van der Waals surface area contributed by atoms with E-state index in [2.05, 4.69) is 20.6 Å². The number of benzene rings is 1. The van der Waals surface area contributed by atoms with Crippen molar-refractivity contribution in [2.45, 2.75) is 19.4 Å². The molecule has 0 saturated heterocycles. The standard InChI is InChI=1S/C18H17N5O2/c24-17(14-4-2-1-3-5-14)6-7-18(25)20-12-15-13-23(22-21-15)16-8-10-19-11-9-16/h1-5,8-11,13H,6-7,12H2,(H,20,25). The van der Waals surface area contributed by atoms with Gasteiger partial charge in [0.05, 0.1) is 18.4 Å². The van der Waals surface area contributed by atoms with Crippen molar-refractivity contribution in [3.05, 3.63) is 72.3 Å². The summed E-state index contributed by atoms with van der Waals surface area (Å²) in [7, 11) is 0. The highest BCUT2D eigenvalue weighted by atomic mass is 16.2. The zero-order chi connectivity index (χ0) is 17.5. The average molecular weight is 335 g/mol. The average Bonchev–Trinajstić information content (AvgIpc) is 3.15. The first-order chi connectivity index (χ1) is 12.2. The van der Waals surface area contributed by atoms with Crippen LogP contribution in [0.3, 0.4) is 0 Å². The number of carbonyl (C=O) groups excluding carboxylic acids is 2. The van der Waals surface area contributed by atoms with E-state index >= 15 is 0 Å². The lowest BCUT2D eigenvalue weighted by Gasteiger charge is -2.03. The van der Waals surface area contributed by atoms with Gasteiger partial charge in [-0.25, -0.2) is 4.68 Å². The summed E-state index contributed by atoms with van der Waals surface area (Å²) in [6.45, 7) is 0.267. The van der Waals surface area contributed by atoms with Crippen LogP contribution in [0.4, 0.5) is 0 Å². The topological polar surface area (TPSA) is 89.8 Å². The second-order valence-corrected chi connectivity index (χ2v) is 5.43. The Morgan fingerprint density at radius 2 is 1.76 bits per heavy atom. The number of amides is 1. The van der Waals surface area contributed by atoms with Gasteiger partial charge in [0.15, 0.2) is 5.78 Å². The van der Waals surface area contributed by atoms with Gasteiger partial charge in [-0.1, -0.05) is 35.5 Å². The van der Waals surface area contributed by atoms with E-state index in [1.807, 2.05) is 18.2 Å². The van der Waals surface area contributed by atoms with E-state index < -0.39 is 0 Å². The van der Waals surface area contributed by atoms with Crippen molar-refractivity contribution in [1.29, 1.82) is 0 Å². The Balaban J connectivity index is 1.47. The second kappa shape index (κ2) is 7.96. The van der Waals surface area contributed by atoms with Gasteiger partial charge >= 0.3 is 0 Å². The third-order valence-electron chi connectivity index (χ3n) is 3.61. The maximum absolute atomic E-state index is 12.0. The van der Waals surface area contributed by atoms with Gasteiger partial charge in [0.25, 0.3) is 0 Å². The predicted molar refractivity (Wildman–Crippen MR) is 91.0 cm³/mol. The summed E-state index contributed by atoms with van der Waals surface area (Å²) >= 11 is 0. The fourth-order valence-corrected chi connectivity index (χ4v) is 2.28. The molecule has 7 heteroatoms. The fourth-order valence-electron chi connectivity index (χ4n) is 2.28. The molecule has 0 radical (unpaired) electrons. The van der Waals surface area contributed by atoms with E-state index in [1.165, 1.54) is 0 Å². The monoisotopic (exact) mass is 335 g/mol. The molecule has 1 aromatic carbocycles. The number of aromatic nitrogens is 4. The number of nitrogens with one attached hydrogen (secondary N) is 1. The molecule has 126 valence electrons. The van der Waals surface area contributed by atoms with Crippen LogP contribution in [0.15, 0.2) is 61.1 Å².